The van der Waals surface area contributed by atoms with Crippen LogP contribution in [0.2, 0.25) is 0 Å². The van der Waals surface area contributed by atoms with Crippen molar-refractivity contribution >= 4 is 11.8 Å². The lowest BCUT2D eigenvalue weighted by Crippen LogP contribution is -2.16. The third-order valence-corrected chi connectivity index (χ3v) is 3.03. The highest BCUT2D eigenvalue weighted by Gasteiger charge is 2.13. The molecule has 0 unspecified atom stereocenters. The number of unbranched alkanes of at least 4 members (excludes halogenated alkanes) is 2. The van der Waals surface area contributed by atoms with Crippen molar-refractivity contribution in [2.75, 3.05) is 13.7 Å². The number of aryl methyl sites for hydroxylation is 1. The number of carbonyl (C=O) groups is 2. The molecule has 0 radical (unpaired) electrons. The highest BCUT2D eigenvalue weighted by molar-refractivity contribution is 6.33. The molecule has 1 rings (SSSR count). The maximum Gasteiger partial charge on any atom is 0.374 e. The number of rotatable bonds is 9. The molecule has 0 aromatic heterocycles. The van der Waals surface area contributed by atoms with E-state index in [1.165, 1.54) is 5.56 Å². The van der Waals surface area contributed by atoms with Gasteiger partial charge in [-0.05, 0) is 43.9 Å². The summed E-state index contributed by atoms with van der Waals surface area (Å²) < 4.78 is 9.75. The van der Waals surface area contributed by atoms with E-state index in [0.717, 1.165) is 31.4 Å². The lowest BCUT2D eigenvalue weighted by Gasteiger charge is -2.04. The Hall–Kier alpha value is -1.84. The molecule has 0 aliphatic rings. The van der Waals surface area contributed by atoms with Gasteiger partial charge in [-0.15, -0.1) is 0 Å². The Balaban J connectivity index is 2.15. The maximum atomic E-state index is 11.3. The molecular weight excluding hydrogens is 256 g/mol. The van der Waals surface area contributed by atoms with E-state index in [0.29, 0.717) is 0 Å². The topological polar surface area (TPSA) is 52.6 Å². The van der Waals surface area contributed by atoms with Crippen LogP contribution < -0.4 is 4.74 Å². The minimum Gasteiger partial charge on any atom is -0.497 e. The van der Waals surface area contributed by atoms with Gasteiger partial charge in [-0.25, -0.2) is 4.79 Å². The molecule has 0 fully saturated rings. The first kappa shape index (κ1) is 16.2. The molecule has 0 saturated carbocycles. The summed E-state index contributed by atoms with van der Waals surface area (Å²) in [6.45, 7) is 1.95. The van der Waals surface area contributed by atoms with Gasteiger partial charge in [0, 0.05) is 6.42 Å². The molecule has 0 atom stereocenters. The van der Waals surface area contributed by atoms with Gasteiger partial charge in [0.1, 0.15) is 5.75 Å². The van der Waals surface area contributed by atoms with Gasteiger partial charge in [0.2, 0.25) is 5.78 Å². The van der Waals surface area contributed by atoms with Crippen molar-refractivity contribution in [1.29, 1.82) is 0 Å². The van der Waals surface area contributed by atoms with Crippen molar-refractivity contribution in [3.8, 4) is 5.75 Å². The minimum absolute atomic E-state index is 0.252. The monoisotopic (exact) mass is 278 g/mol. The molecule has 4 heteroatoms. The number of ketones is 1. The van der Waals surface area contributed by atoms with Gasteiger partial charge in [-0.3, -0.25) is 4.79 Å². The SMILES string of the molecule is CCOC(=O)C(=O)CCCCCc1ccc(OC)cc1. The van der Waals surface area contributed by atoms with E-state index in [4.69, 9.17) is 4.74 Å². The Bertz CT molecular complexity index is 423. The van der Waals surface area contributed by atoms with Crippen LogP contribution in [0.3, 0.4) is 0 Å². The average Bonchev–Trinajstić information content (AvgIpc) is 2.47. The zero-order valence-electron chi connectivity index (χ0n) is 12.2. The number of methoxy groups -OCH3 is 1. The summed E-state index contributed by atoms with van der Waals surface area (Å²) in [5, 5.41) is 0. The minimum atomic E-state index is -0.706. The van der Waals surface area contributed by atoms with Gasteiger partial charge in [0.25, 0.3) is 0 Å². The number of benzene rings is 1. The van der Waals surface area contributed by atoms with Crippen LogP contribution in [0.1, 0.15) is 38.2 Å². The Morgan fingerprint density at radius 1 is 1.05 bits per heavy atom. The van der Waals surface area contributed by atoms with Gasteiger partial charge in [-0.1, -0.05) is 18.6 Å². The van der Waals surface area contributed by atoms with Crippen molar-refractivity contribution in [3.63, 3.8) is 0 Å². The molecular formula is C16H22O4. The van der Waals surface area contributed by atoms with E-state index < -0.39 is 11.8 Å². The quantitative estimate of drug-likeness (QED) is 0.396. The molecule has 1 aromatic rings. The van der Waals surface area contributed by atoms with E-state index in [2.05, 4.69) is 4.74 Å². The van der Waals surface area contributed by atoms with Crippen molar-refractivity contribution in [2.24, 2.45) is 0 Å². The molecule has 0 aliphatic carbocycles. The van der Waals surface area contributed by atoms with E-state index in [9.17, 15) is 9.59 Å². The molecule has 0 heterocycles. The summed E-state index contributed by atoms with van der Waals surface area (Å²) in [5.74, 6) is -0.271. The number of carbonyl (C=O) groups excluding carboxylic acids is 2. The van der Waals surface area contributed by atoms with Crippen LogP contribution in [-0.4, -0.2) is 25.5 Å². The Morgan fingerprint density at radius 2 is 1.75 bits per heavy atom. The van der Waals surface area contributed by atoms with Crippen molar-refractivity contribution in [3.05, 3.63) is 29.8 Å². The van der Waals surface area contributed by atoms with E-state index in [1.54, 1.807) is 14.0 Å². The summed E-state index contributed by atoms with van der Waals surface area (Å²) >= 11 is 0. The average molecular weight is 278 g/mol. The largest absolute Gasteiger partial charge is 0.497 e. The van der Waals surface area contributed by atoms with Gasteiger partial charge >= 0.3 is 5.97 Å². The van der Waals surface area contributed by atoms with Crippen LogP contribution in [-0.2, 0) is 20.7 Å². The van der Waals surface area contributed by atoms with Crippen molar-refractivity contribution in [1.82, 2.24) is 0 Å². The van der Waals surface area contributed by atoms with Gasteiger partial charge in [0.05, 0.1) is 13.7 Å². The number of esters is 1. The summed E-state index contributed by atoms with van der Waals surface area (Å²) in [6.07, 6.45) is 3.91. The van der Waals surface area contributed by atoms with Crippen molar-refractivity contribution < 1.29 is 19.1 Å². The second kappa shape index (κ2) is 9.13. The van der Waals surface area contributed by atoms with Gasteiger partial charge < -0.3 is 9.47 Å². The van der Waals surface area contributed by atoms with Crippen LogP contribution in [0.4, 0.5) is 0 Å². The van der Waals surface area contributed by atoms with Gasteiger partial charge in [0.15, 0.2) is 0 Å². The summed E-state index contributed by atoms with van der Waals surface area (Å²) in [4.78, 5) is 22.5. The lowest BCUT2D eigenvalue weighted by molar-refractivity contribution is -0.153. The number of hydrogen-bond acceptors (Lipinski definition) is 4. The molecule has 4 nitrogen and oxygen atoms in total. The van der Waals surface area contributed by atoms with Gasteiger partial charge in [-0.2, -0.15) is 0 Å². The number of hydrogen-bond donors (Lipinski definition) is 0. The van der Waals surface area contributed by atoms with Crippen LogP contribution >= 0.6 is 0 Å². The third kappa shape index (κ3) is 5.87. The normalized spacial score (nSPS) is 10.1. The summed E-state index contributed by atoms with van der Waals surface area (Å²) in [5.41, 5.74) is 1.25. The summed E-state index contributed by atoms with van der Waals surface area (Å²) in [6, 6.07) is 7.98. The smallest absolute Gasteiger partial charge is 0.374 e. The predicted molar refractivity (Wildman–Crippen MR) is 76.8 cm³/mol. The predicted octanol–water partition coefficient (Wildman–Crippen LogP) is 2.93. The molecule has 0 saturated heterocycles. The molecule has 0 N–H and O–H groups in total. The third-order valence-electron chi connectivity index (χ3n) is 3.03. The summed E-state index contributed by atoms with van der Waals surface area (Å²) in [7, 11) is 1.65. The van der Waals surface area contributed by atoms with E-state index in [-0.39, 0.29) is 13.0 Å². The van der Waals surface area contributed by atoms with E-state index >= 15 is 0 Å². The fourth-order valence-corrected chi connectivity index (χ4v) is 1.90. The molecule has 20 heavy (non-hydrogen) atoms. The Kier molecular flexibility index (Phi) is 7.40. The fraction of sp³-hybridized carbons (Fsp3) is 0.500. The number of Topliss-reactive ketones (excluding diaryl/α,β-unsaturated/α-hetero) is 1. The van der Waals surface area contributed by atoms with E-state index in [1.807, 2.05) is 24.3 Å². The second-order valence-corrected chi connectivity index (χ2v) is 4.55. The molecule has 0 spiro atoms. The first-order chi connectivity index (χ1) is 9.67. The molecule has 0 aliphatic heterocycles. The van der Waals surface area contributed by atoms with Crippen molar-refractivity contribution in [2.45, 2.75) is 39.0 Å². The number of ether oxygens (including phenoxy) is 2. The first-order valence-electron chi connectivity index (χ1n) is 7.00. The Labute approximate surface area is 120 Å². The molecule has 1 aromatic carbocycles. The van der Waals surface area contributed by atoms with Crippen LogP contribution in [0, 0.1) is 0 Å². The zero-order valence-corrected chi connectivity index (χ0v) is 12.2. The second-order valence-electron chi connectivity index (χ2n) is 4.55. The highest BCUT2D eigenvalue weighted by atomic mass is 16.5. The fourth-order valence-electron chi connectivity index (χ4n) is 1.90. The molecule has 110 valence electrons. The van der Waals surface area contributed by atoms with Crippen LogP contribution in [0.5, 0.6) is 5.75 Å². The maximum absolute atomic E-state index is 11.3. The first-order valence-corrected chi connectivity index (χ1v) is 7.00. The molecule has 0 amide bonds. The zero-order chi connectivity index (χ0) is 14.8. The Morgan fingerprint density at radius 3 is 2.35 bits per heavy atom. The van der Waals surface area contributed by atoms with Crippen LogP contribution in [0.25, 0.3) is 0 Å². The molecule has 0 bridgehead atoms. The lowest BCUT2D eigenvalue weighted by atomic mass is 10.1. The highest BCUT2D eigenvalue weighted by Crippen LogP contribution is 2.14. The van der Waals surface area contributed by atoms with Crippen LogP contribution in [0.15, 0.2) is 24.3 Å². The standard InChI is InChI=1S/C16H22O4/c1-3-20-16(18)15(17)8-6-4-5-7-13-9-11-14(19-2)12-10-13/h9-12H,3-8H2,1-2H3.